The second-order valence-electron chi connectivity index (χ2n) is 10.2. The lowest BCUT2D eigenvalue weighted by Gasteiger charge is -2.23. The Kier molecular flexibility index (Phi) is 8.06. The smallest absolute Gasteiger partial charge is 0.146 e. The molecule has 1 aliphatic carbocycles. The van der Waals surface area contributed by atoms with Crippen LogP contribution in [0, 0.1) is 19.8 Å². The number of aromatic nitrogens is 1. The summed E-state index contributed by atoms with van der Waals surface area (Å²) in [7, 11) is 0. The quantitative estimate of drug-likeness (QED) is 0.329. The summed E-state index contributed by atoms with van der Waals surface area (Å²) in [5.41, 5.74) is 7.34. The monoisotopic (exact) mass is 443 g/mol. The summed E-state index contributed by atoms with van der Waals surface area (Å²) in [5.74, 6) is 2.16. The highest BCUT2D eigenvalue weighted by atomic mass is 16.5. The van der Waals surface area contributed by atoms with Gasteiger partial charge in [-0.3, -0.25) is 0 Å². The Morgan fingerprint density at radius 3 is 2.39 bits per heavy atom. The summed E-state index contributed by atoms with van der Waals surface area (Å²) in [4.78, 5) is 5.25. The molecule has 3 aromatic rings. The van der Waals surface area contributed by atoms with Gasteiger partial charge in [0.05, 0.1) is 6.61 Å². The third-order valence-electron chi connectivity index (χ3n) is 7.51. The third-order valence-corrected chi connectivity index (χ3v) is 7.51. The fraction of sp³-hybridized carbons (Fsp3) is 0.516. The highest BCUT2D eigenvalue weighted by Gasteiger charge is 2.19. The molecule has 2 heteroatoms. The number of hydrogen-bond acceptors (Lipinski definition) is 2. The maximum Gasteiger partial charge on any atom is 0.146 e. The molecule has 4 rings (SSSR count). The Morgan fingerprint density at radius 1 is 0.939 bits per heavy atom. The molecule has 33 heavy (non-hydrogen) atoms. The summed E-state index contributed by atoms with van der Waals surface area (Å²) in [5, 5.41) is 1.22. The van der Waals surface area contributed by atoms with Gasteiger partial charge in [-0.1, -0.05) is 75.8 Å². The van der Waals surface area contributed by atoms with Gasteiger partial charge in [0, 0.05) is 17.0 Å². The Balaban J connectivity index is 1.76. The molecule has 0 aliphatic heterocycles. The Labute approximate surface area is 200 Å². The van der Waals surface area contributed by atoms with Crippen LogP contribution in [0.3, 0.4) is 0 Å². The van der Waals surface area contributed by atoms with Crippen LogP contribution in [-0.4, -0.2) is 11.6 Å². The van der Waals surface area contributed by atoms with Crippen molar-refractivity contribution in [1.82, 2.24) is 4.98 Å². The number of benzene rings is 2. The van der Waals surface area contributed by atoms with Crippen LogP contribution in [0.5, 0.6) is 5.75 Å². The fourth-order valence-corrected chi connectivity index (χ4v) is 5.29. The van der Waals surface area contributed by atoms with E-state index >= 15 is 0 Å². The average molecular weight is 444 g/mol. The largest absolute Gasteiger partial charge is 0.491 e. The molecule has 1 atom stereocenters. The van der Waals surface area contributed by atoms with E-state index in [-0.39, 0.29) is 0 Å². The minimum atomic E-state index is 0.524. The van der Waals surface area contributed by atoms with Crippen molar-refractivity contribution in [1.29, 1.82) is 0 Å². The van der Waals surface area contributed by atoms with Crippen LogP contribution in [0.15, 0.2) is 42.5 Å². The summed E-state index contributed by atoms with van der Waals surface area (Å²) >= 11 is 0. The van der Waals surface area contributed by atoms with Crippen molar-refractivity contribution in [2.45, 2.75) is 91.4 Å². The van der Waals surface area contributed by atoms with Crippen LogP contribution in [0.2, 0.25) is 0 Å². The molecule has 1 heterocycles. The Hall–Kier alpha value is -2.35. The molecule has 0 saturated heterocycles. The molecular weight excluding hydrogens is 402 g/mol. The lowest BCUT2D eigenvalue weighted by atomic mass is 9.90. The number of hydrogen-bond donors (Lipinski definition) is 0. The van der Waals surface area contributed by atoms with Gasteiger partial charge in [0.25, 0.3) is 0 Å². The second-order valence-corrected chi connectivity index (χ2v) is 10.2. The first-order valence-corrected chi connectivity index (χ1v) is 13.2. The topological polar surface area (TPSA) is 22.1 Å². The fourth-order valence-electron chi connectivity index (χ4n) is 5.29. The van der Waals surface area contributed by atoms with E-state index in [1.165, 1.54) is 84.7 Å². The van der Waals surface area contributed by atoms with Gasteiger partial charge in [-0.15, -0.1) is 0 Å². The molecule has 0 N–H and O–H groups in total. The average Bonchev–Trinajstić information content (AvgIpc) is 2.84. The lowest BCUT2D eigenvalue weighted by Crippen LogP contribution is -2.15. The zero-order valence-electron chi connectivity index (χ0n) is 21.1. The molecule has 0 amide bonds. The van der Waals surface area contributed by atoms with Gasteiger partial charge in [0.15, 0.2) is 0 Å². The van der Waals surface area contributed by atoms with Crippen LogP contribution in [0.4, 0.5) is 0 Å². The van der Waals surface area contributed by atoms with Gasteiger partial charge in [-0.2, -0.15) is 0 Å². The SMILES string of the molecule is CCCCC(CC)c1cc(C)c2cc(-c3ccc(C)cc3)cc(OCC3CCCCC3)c2n1. The maximum atomic E-state index is 6.59. The van der Waals surface area contributed by atoms with Crippen molar-refractivity contribution in [3.63, 3.8) is 0 Å². The highest BCUT2D eigenvalue weighted by Crippen LogP contribution is 2.36. The number of rotatable bonds is 9. The predicted molar refractivity (Wildman–Crippen MR) is 141 cm³/mol. The van der Waals surface area contributed by atoms with Crippen molar-refractivity contribution in [3.8, 4) is 16.9 Å². The number of fused-ring (bicyclic) bond motifs is 1. The molecule has 2 nitrogen and oxygen atoms in total. The molecule has 2 aromatic carbocycles. The van der Waals surface area contributed by atoms with Gasteiger partial charge in [0.2, 0.25) is 0 Å². The molecule has 0 spiro atoms. The minimum Gasteiger partial charge on any atom is -0.491 e. The van der Waals surface area contributed by atoms with E-state index in [0.29, 0.717) is 11.8 Å². The second kappa shape index (κ2) is 11.2. The summed E-state index contributed by atoms with van der Waals surface area (Å²) in [6.07, 6.45) is 11.5. The van der Waals surface area contributed by atoms with Crippen molar-refractivity contribution >= 4 is 10.9 Å². The molecule has 0 bridgehead atoms. The van der Waals surface area contributed by atoms with Gasteiger partial charge >= 0.3 is 0 Å². The maximum absolute atomic E-state index is 6.59. The summed E-state index contributed by atoms with van der Waals surface area (Å²) < 4.78 is 6.59. The van der Waals surface area contributed by atoms with Crippen LogP contribution in [0.25, 0.3) is 22.0 Å². The zero-order valence-corrected chi connectivity index (χ0v) is 21.1. The lowest BCUT2D eigenvalue weighted by molar-refractivity contribution is 0.210. The van der Waals surface area contributed by atoms with Crippen LogP contribution < -0.4 is 4.74 Å². The van der Waals surface area contributed by atoms with E-state index in [4.69, 9.17) is 9.72 Å². The molecule has 0 radical (unpaired) electrons. The molecule has 1 unspecified atom stereocenters. The minimum absolute atomic E-state index is 0.524. The first-order valence-electron chi connectivity index (χ1n) is 13.2. The van der Waals surface area contributed by atoms with Crippen LogP contribution >= 0.6 is 0 Å². The Morgan fingerprint density at radius 2 is 1.70 bits per heavy atom. The van der Waals surface area contributed by atoms with E-state index in [1.807, 2.05) is 0 Å². The summed E-state index contributed by atoms with van der Waals surface area (Å²) in [6, 6.07) is 15.7. The molecule has 1 aromatic heterocycles. The number of aryl methyl sites for hydroxylation is 2. The highest BCUT2D eigenvalue weighted by molar-refractivity contribution is 5.92. The molecular formula is C31H41NO. The summed E-state index contributed by atoms with van der Waals surface area (Å²) in [6.45, 7) is 9.76. The molecule has 176 valence electrons. The van der Waals surface area contributed by atoms with Crippen molar-refractivity contribution in [2.75, 3.05) is 6.61 Å². The third kappa shape index (κ3) is 5.78. The molecule has 1 fully saturated rings. The van der Waals surface area contributed by atoms with E-state index in [1.54, 1.807) is 0 Å². The van der Waals surface area contributed by atoms with Crippen LogP contribution in [-0.2, 0) is 0 Å². The predicted octanol–water partition coefficient (Wildman–Crippen LogP) is 9.16. The molecule has 1 saturated carbocycles. The van der Waals surface area contributed by atoms with Gasteiger partial charge in [-0.25, -0.2) is 4.98 Å². The molecule has 1 aliphatic rings. The number of pyridine rings is 1. The van der Waals surface area contributed by atoms with E-state index in [9.17, 15) is 0 Å². The normalized spacial score (nSPS) is 15.6. The Bertz CT molecular complexity index is 1050. The zero-order chi connectivity index (χ0) is 23.2. The van der Waals surface area contributed by atoms with E-state index in [0.717, 1.165) is 24.3 Å². The van der Waals surface area contributed by atoms with Crippen molar-refractivity contribution < 1.29 is 4.74 Å². The van der Waals surface area contributed by atoms with Gasteiger partial charge in [0.1, 0.15) is 11.3 Å². The van der Waals surface area contributed by atoms with Crippen molar-refractivity contribution in [2.24, 2.45) is 5.92 Å². The number of ether oxygens (including phenoxy) is 1. The first-order chi connectivity index (χ1) is 16.1. The van der Waals surface area contributed by atoms with E-state index < -0.39 is 0 Å². The number of nitrogens with zero attached hydrogens (tertiary/aromatic N) is 1. The van der Waals surface area contributed by atoms with Gasteiger partial charge in [-0.05, 0) is 80.3 Å². The van der Waals surface area contributed by atoms with Crippen LogP contribution in [0.1, 0.15) is 94.4 Å². The first kappa shape index (κ1) is 23.8. The van der Waals surface area contributed by atoms with E-state index in [2.05, 4.69) is 70.2 Å². The van der Waals surface area contributed by atoms with Crippen molar-refractivity contribution in [3.05, 3.63) is 59.3 Å². The van der Waals surface area contributed by atoms with Gasteiger partial charge < -0.3 is 4.74 Å². The standard InChI is InChI=1S/C31H41NO/c1-5-7-13-25(6-2)29-18-23(4)28-19-27(26-16-14-22(3)15-17-26)20-30(31(28)32-29)33-21-24-11-9-8-10-12-24/h14-20,24-25H,5-13,21H2,1-4H3. The number of unbranched alkanes of at least 4 members (excludes halogenated alkanes) is 1.